The maximum Gasteiger partial charge on any atom is 0.243 e. The van der Waals surface area contributed by atoms with Crippen molar-refractivity contribution in [3.63, 3.8) is 0 Å². The van der Waals surface area contributed by atoms with Crippen LogP contribution in [0.25, 0.3) is 0 Å². The van der Waals surface area contributed by atoms with Gasteiger partial charge in [-0.3, -0.25) is 4.79 Å². The molecule has 31 heavy (non-hydrogen) atoms. The van der Waals surface area contributed by atoms with Gasteiger partial charge in [0.25, 0.3) is 0 Å². The van der Waals surface area contributed by atoms with E-state index in [9.17, 15) is 13.2 Å². The zero-order valence-corrected chi connectivity index (χ0v) is 19.6. The minimum Gasteiger partial charge on any atom is -0.324 e. The van der Waals surface area contributed by atoms with Gasteiger partial charge in [-0.25, -0.2) is 8.42 Å². The molecule has 0 heterocycles. The molecule has 0 atom stereocenters. The molecule has 3 aromatic rings. The topological polar surface area (TPSA) is 66.5 Å². The molecule has 1 N–H and O–H groups in total. The summed E-state index contributed by atoms with van der Waals surface area (Å²) in [5, 5.41) is 3.51. The van der Waals surface area contributed by atoms with Crippen molar-refractivity contribution in [2.24, 2.45) is 0 Å². The second-order valence-corrected chi connectivity index (χ2v) is 10.0. The van der Waals surface area contributed by atoms with Gasteiger partial charge in [0.1, 0.15) is 0 Å². The lowest BCUT2D eigenvalue weighted by atomic mass is 10.1. The van der Waals surface area contributed by atoms with Gasteiger partial charge in [0, 0.05) is 11.6 Å². The van der Waals surface area contributed by atoms with Gasteiger partial charge < -0.3 is 5.32 Å². The summed E-state index contributed by atoms with van der Waals surface area (Å²) >= 11 is 18.0. The summed E-state index contributed by atoms with van der Waals surface area (Å²) < 4.78 is 27.7. The summed E-state index contributed by atoms with van der Waals surface area (Å²) in [5.41, 5.74) is 2.04. The number of carbonyl (C=O) groups is 1. The monoisotopic (exact) mass is 496 g/mol. The van der Waals surface area contributed by atoms with Crippen molar-refractivity contribution in [1.29, 1.82) is 0 Å². The molecule has 0 bridgehead atoms. The molecule has 162 valence electrons. The third-order valence-corrected chi connectivity index (χ3v) is 7.32. The van der Waals surface area contributed by atoms with Crippen molar-refractivity contribution in [3.05, 3.63) is 92.9 Å². The first kappa shape index (κ1) is 23.6. The Labute approximate surface area is 196 Å². The molecule has 0 spiro atoms. The van der Waals surface area contributed by atoms with E-state index >= 15 is 0 Å². The fraction of sp³-hybridized carbons (Fsp3) is 0.136. The number of nitrogens with zero attached hydrogens (tertiary/aromatic N) is 1. The third kappa shape index (κ3) is 5.99. The Morgan fingerprint density at radius 1 is 0.968 bits per heavy atom. The fourth-order valence-electron chi connectivity index (χ4n) is 2.95. The molecule has 0 fully saturated rings. The van der Waals surface area contributed by atoms with Gasteiger partial charge in [-0.15, -0.1) is 0 Å². The van der Waals surface area contributed by atoms with Gasteiger partial charge in [0.15, 0.2) is 0 Å². The SMILES string of the molecule is Cc1cccc(CN(CC(=O)Nc2cccc(Cl)c2Cl)S(=O)(=O)c2ccc(Cl)cc2)c1. The van der Waals surface area contributed by atoms with E-state index in [1.165, 1.54) is 24.3 Å². The van der Waals surface area contributed by atoms with Crippen molar-refractivity contribution in [2.75, 3.05) is 11.9 Å². The highest BCUT2D eigenvalue weighted by atomic mass is 35.5. The number of rotatable bonds is 7. The van der Waals surface area contributed by atoms with Crippen molar-refractivity contribution in [1.82, 2.24) is 4.31 Å². The van der Waals surface area contributed by atoms with E-state index in [4.69, 9.17) is 34.8 Å². The first-order chi connectivity index (χ1) is 14.7. The highest BCUT2D eigenvalue weighted by Crippen LogP contribution is 2.29. The van der Waals surface area contributed by atoms with Crippen LogP contribution in [-0.2, 0) is 21.4 Å². The third-order valence-electron chi connectivity index (χ3n) is 4.44. The minimum atomic E-state index is -3.98. The van der Waals surface area contributed by atoms with Gasteiger partial charge in [0.2, 0.25) is 15.9 Å². The molecule has 0 aromatic heterocycles. The summed E-state index contributed by atoms with van der Waals surface area (Å²) in [4.78, 5) is 12.8. The molecule has 5 nitrogen and oxygen atoms in total. The quantitative estimate of drug-likeness (QED) is 0.449. The zero-order valence-electron chi connectivity index (χ0n) is 16.5. The lowest BCUT2D eigenvalue weighted by Gasteiger charge is -2.22. The highest BCUT2D eigenvalue weighted by Gasteiger charge is 2.27. The van der Waals surface area contributed by atoms with Crippen LogP contribution in [0.3, 0.4) is 0 Å². The zero-order chi connectivity index (χ0) is 22.6. The maximum absolute atomic E-state index is 13.3. The predicted molar refractivity (Wildman–Crippen MR) is 125 cm³/mol. The summed E-state index contributed by atoms with van der Waals surface area (Å²) in [5.74, 6) is -0.547. The number of carbonyl (C=O) groups excluding carboxylic acids is 1. The van der Waals surface area contributed by atoms with E-state index in [0.29, 0.717) is 10.7 Å². The van der Waals surface area contributed by atoms with Gasteiger partial charge in [0.05, 0.1) is 27.2 Å². The Bertz CT molecular complexity index is 1200. The number of halogens is 3. The van der Waals surface area contributed by atoms with E-state index in [1.807, 2.05) is 31.2 Å². The van der Waals surface area contributed by atoms with E-state index in [1.54, 1.807) is 18.2 Å². The normalized spacial score (nSPS) is 11.5. The van der Waals surface area contributed by atoms with E-state index in [0.717, 1.165) is 15.4 Å². The summed E-state index contributed by atoms with van der Waals surface area (Å²) in [6, 6.07) is 18.0. The Balaban J connectivity index is 1.90. The Morgan fingerprint density at radius 2 is 1.65 bits per heavy atom. The largest absolute Gasteiger partial charge is 0.324 e. The fourth-order valence-corrected chi connectivity index (χ4v) is 4.80. The Morgan fingerprint density at radius 3 is 2.32 bits per heavy atom. The maximum atomic E-state index is 13.3. The molecule has 0 radical (unpaired) electrons. The van der Waals surface area contributed by atoms with Crippen LogP contribution >= 0.6 is 34.8 Å². The number of nitrogens with one attached hydrogen (secondary N) is 1. The molecular weight excluding hydrogens is 479 g/mol. The summed E-state index contributed by atoms with van der Waals surface area (Å²) in [6.45, 7) is 1.51. The lowest BCUT2D eigenvalue weighted by Crippen LogP contribution is -2.37. The number of hydrogen-bond donors (Lipinski definition) is 1. The summed E-state index contributed by atoms with van der Waals surface area (Å²) in [7, 11) is -3.98. The molecule has 0 aliphatic rings. The smallest absolute Gasteiger partial charge is 0.243 e. The number of aryl methyl sites for hydroxylation is 1. The van der Waals surface area contributed by atoms with Crippen LogP contribution in [-0.4, -0.2) is 25.2 Å². The van der Waals surface area contributed by atoms with Crippen LogP contribution in [0.1, 0.15) is 11.1 Å². The average molecular weight is 498 g/mol. The minimum absolute atomic E-state index is 0.0172. The average Bonchev–Trinajstić information content (AvgIpc) is 2.71. The van der Waals surface area contributed by atoms with E-state index < -0.39 is 22.5 Å². The van der Waals surface area contributed by atoms with Crippen molar-refractivity contribution >= 4 is 56.4 Å². The first-order valence-electron chi connectivity index (χ1n) is 9.22. The van der Waals surface area contributed by atoms with Gasteiger partial charge in [-0.05, 0) is 48.9 Å². The molecular formula is C22H19Cl3N2O3S. The highest BCUT2D eigenvalue weighted by molar-refractivity contribution is 7.89. The molecule has 0 unspecified atom stereocenters. The second-order valence-electron chi connectivity index (χ2n) is 6.87. The summed E-state index contributed by atoms with van der Waals surface area (Å²) in [6.07, 6.45) is 0. The van der Waals surface area contributed by atoms with E-state index in [-0.39, 0.29) is 21.5 Å². The number of hydrogen-bond acceptors (Lipinski definition) is 3. The van der Waals surface area contributed by atoms with Gasteiger partial charge in [-0.1, -0.05) is 70.7 Å². The molecule has 3 rings (SSSR count). The molecule has 0 saturated carbocycles. The Hall–Kier alpha value is -2.09. The first-order valence-corrected chi connectivity index (χ1v) is 11.8. The molecule has 9 heteroatoms. The Kier molecular flexibility index (Phi) is 7.62. The van der Waals surface area contributed by atoms with Crippen molar-refractivity contribution < 1.29 is 13.2 Å². The van der Waals surface area contributed by atoms with Crippen LogP contribution in [0, 0.1) is 6.92 Å². The van der Waals surface area contributed by atoms with Crippen LogP contribution in [0.2, 0.25) is 15.1 Å². The van der Waals surface area contributed by atoms with Gasteiger partial charge in [-0.2, -0.15) is 4.31 Å². The standard InChI is InChI=1S/C22H19Cl3N2O3S/c1-15-4-2-5-16(12-15)13-27(31(29,30)18-10-8-17(23)9-11-18)14-21(28)26-20-7-3-6-19(24)22(20)25/h2-12H,13-14H2,1H3,(H,26,28). The molecule has 1 amide bonds. The number of sulfonamides is 1. The van der Waals surface area contributed by atoms with Crippen LogP contribution in [0.15, 0.2) is 71.6 Å². The predicted octanol–water partition coefficient (Wildman–Crippen LogP) is 5.78. The van der Waals surface area contributed by atoms with Crippen molar-refractivity contribution in [2.45, 2.75) is 18.4 Å². The van der Waals surface area contributed by atoms with Gasteiger partial charge >= 0.3 is 0 Å². The number of anilines is 1. The van der Waals surface area contributed by atoms with Crippen LogP contribution in [0.5, 0.6) is 0 Å². The van der Waals surface area contributed by atoms with Crippen LogP contribution < -0.4 is 5.32 Å². The number of benzene rings is 3. The lowest BCUT2D eigenvalue weighted by molar-refractivity contribution is -0.116. The van der Waals surface area contributed by atoms with Crippen molar-refractivity contribution in [3.8, 4) is 0 Å². The number of amides is 1. The molecule has 0 aliphatic carbocycles. The second kappa shape index (κ2) is 10.0. The van der Waals surface area contributed by atoms with Crippen LogP contribution in [0.4, 0.5) is 5.69 Å². The molecule has 0 saturated heterocycles. The molecule has 3 aromatic carbocycles. The van der Waals surface area contributed by atoms with E-state index in [2.05, 4.69) is 5.32 Å². The molecule has 0 aliphatic heterocycles.